The van der Waals surface area contributed by atoms with Crippen LogP contribution in [0.2, 0.25) is 0 Å². The first kappa shape index (κ1) is 23.5. The molecule has 30 heavy (non-hydrogen) atoms. The third kappa shape index (κ3) is 6.62. The first-order valence-corrected chi connectivity index (χ1v) is 9.86. The molecule has 0 fully saturated rings. The lowest BCUT2D eigenvalue weighted by atomic mass is 10.2. The summed E-state index contributed by atoms with van der Waals surface area (Å²) in [7, 11) is 3.17. The van der Waals surface area contributed by atoms with Gasteiger partial charge in [0.25, 0.3) is 0 Å². The summed E-state index contributed by atoms with van der Waals surface area (Å²) in [5.74, 6) is 2.03. The summed E-state index contributed by atoms with van der Waals surface area (Å²) in [6, 6.07) is 8.54. The summed E-state index contributed by atoms with van der Waals surface area (Å²) in [4.78, 5) is 6.50. The lowest BCUT2D eigenvalue weighted by Crippen LogP contribution is -2.43. The summed E-state index contributed by atoms with van der Waals surface area (Å²) in [5.41, 5.74) is 0.531. The second-order valence-electron chi connectivity index (χ2n) is 6.41. The number of guanidine groups is 1. The third-order valence-electron chi connectivity index (χ3n) is 4.74. The molecule has 1 unspecified atom stereocenters. The van der Waals surface area contributed by atoms with E-state index in [1.165, 1.54) is 13.2 Å². The minimum absolute atomic E-state index is 0.0306. The molecule has 7 nitrogen and oxygen atoms in total. The maximum Gasteiger partial charge on any atom is 0.387 e. The van der Waals surface area contributed by atoms with Crippen molar-refractivity contribution in [2.75, 3.05) is 33.8 Å². The molecule has 2 N–H and O–H groups in total. The van der Waals surface area contributed by atoms with Crippen LogP contribution in [0.5, 0.6) is 11.5 Å². The highest BCUT2D eigenvalue weighted by Crippen LogP contribution is 2.25. The van der Waals surface area contributed by atoms with E-state index in [2.05, 4.69) is 39.1 Å². The molecule has 0 aliphatic heterocycles. The van der Waals surface area contributed by atoms with E-state index in [0.29, 0.717) is 23.8 Å². The van der Waals surface area contributed by atoms with Gasteiger partial charge in [0.05, 0.1) is 19.4 Å². The van der Waals surface area contributed by atoms with E-state index in [-0.39, 0.29) is 18.3 Å². The van der Waals surface area contributed by atoms with Gasteiger partial charge in [0.2, 0.25) is 0 Å². The van der Waals surface area contributed by atoms with Crippen molar-refractivity contribution in [2.24, 2.45) is 4.99 Å². The number of ether oxygens (including phenoxy) is 2. The van der Waals surface area contributed by atoms with Gasteiger partial charge < -0.3 is 24.5 Å². The predicted octanol–water partition coefficient (Wildman–Crippen LogP) is 3.64. The zero-order chi connectivity index (χ0) is 21.9. The zero-order valence-electron chi connectivity index (χ0n) is 17.8. The summed E-state index contributed by atoms with van der Waals surface area (Å²) >= 11 is 0. The number of methoxy groups -OCH3 is 1. The van der Waals surface area contributed by atoms with Gasteiger partial charge in [0, 0.05) is 25.7 Å². The molecule has 9 heteroatoms. The number of nitrogens with one attached hydrogen (secondary N) is 2. The molecule has 2 rings (SSSR count). The molecule has 1 aromatic carbocycles. The second-order valence-corrected chi connectivity index (χ2v) is 6.41. The molecule has 0 radical (unpaired) electrons. The van der Waals surface area contributed by atoms with Gasteiger partial charge in [0.15, 0.2) is 5.96 Å². The average molecular weight is 424 g/mol. The highest BCUT2D eigenvalue weighted by molar-refractivity contribution is 5.79. The maximum absolute atomic E-state index is 12.7. The third-order valence-corrected chi connectivity index (χ3v) is 4.74. The van der Waals surface area contributed by atoms with Gasteiger partial charge in [-0.1, -0.05) is 13.8 Å². The average Bonchev–Trinajstić information content (AvgIpc) is 3.28. The number of likely N-dealkylation sites (N-methyl/N-ethyl adjacent to an activating group) is 1. The van der Waals surface area contributed by atoms with E-state index in [1.807, 2.05) is 12.1 Å². The Labute approximate surface area is 176 Å². The fourth-order valence-electron chi connectivity index (χ4n) is 3.18. The minimum atomic E-state index is -2.90. The Morgan fingerprint density at radius 3 is 2.53 bits per heavy atom. The summed E-state index contributed by atoms with van der Waals surface area (Å²) in [6.07, 6.45) is 1.66. The fraction of sp³-hybridized carbons (Fsp3) is 0.476. The summed E-state index contributed by atoms with van der Waals surface area (Å²) in [6.45, 7) is 3.82. The Morgan fingerprint density at radius 1 is 1.20 bits per heavy atom. The van der Waals surface area contributed by atoms with E-state index in [0.717, 1.165) is 18.8 Å². The Kier molecular flexibility index (Phi) is 9.40. The van der Waals surface area contributed by atoms with E-state index in [9.17, 15) is 8.78 Å². The normalized spacial score (nSPS) is 12.9. The lowest BCUT2D eigenvalue weighted by molar-refractivity contribution is -0.0505. The van der Waals surface area contributed by atoms with Crippen molar-refractivity contribution in [3.8, 4) is 11.5 Å². The monoisotopic (exact) mass is 424 g/mol. The molecule has 2 aromatic rings. The molecule has 1 heterocycles. The smallest absolute Gasteiger partial charge is 0.387 e. The van der Waals surface area contributed by atoms with Crippen molar-refractivity contribution in [2.45, 2.75) is 33.0 Å². The predicted molar refractivity (Wildman–Crippen MR) is 112 cm³/mol. The molecular formula is C21H30F2N4O3. The van der Waals surface area contributed by atoms with Crippen LogP contribution in [0.3, 0.4) is 0 Å². The Morgan fingerprint density at radius 2 is 1.97 bits per heavy atom. The van der Waals surface area contributed by atoms with Crippen LogP contribution in [0.1, 0.15) is 31.2 Å². The molecule has 0 saturated carbocycles. The molecule has 0 amide bonds. The largest absolute Gasteiger partial charge is 0.497 e. The topological polar surface area (TPSA) is 71.3 Å². The molecule has 0 aliphatic carbocycles. The van der Waals surface area contributed by atoms with Crippen LogP contribution in [0, 0.1) is 0 Å². The van der Waals surface area contributed by atoms with Gasteiger partial charge in [-0.3, -0.25) is 9.89 Å². The molecule has 1 atom stereocenters. The molecular weight excluding hydrogens is 394 g/mol. The Bertz CT molecular complexity index is 781. The molecule has 1 aromatic heterocycles. The Balaban J connectivity index is 2.05. The standard InChI is InChI=1S/C21H30F2N4O3/c1-5-27(6-2)17(19-8-7-11-29-19)14-26-21(24-3)25-13-15-12-16(28-4)9-10-18(15)30-20(22)23/h7-12,17,20H,5-6,13-14H2,1-4H3,(H2,24,25,26). The first-order valence-electron chi connectivity index (χ1n) is 9.86. The zero-order valence-corrected chi connectivity index (χ0v) is 17.8. The van der Waals surface area contributed by atoms with Crippen LogP contribution >= 0.6 is 0 Å². The van der Waals surface area contributed by atoms with Crippen molar-refractivity contribution in [1.29, 1.82) is 0 Å². The minimum Gasteiger partial charge on any atom is -0.497 e. The van der Waals surface area contributed by atoms with Crippen molar-refractivity contribution in [1.82, 2.24) is 15.5 Å². The number of halogens is 2. The van der Waals surface area contributed by atoms with Crippen LogP contribution in [0.15, 0.2) is 46.0 Å². The highest BCUT2D eigenvalue weighted by Gasteiger charge is 2.21. The van der Waals surface area contributed by atoms with Gasteiger partial charge >= 0.3 is 6.61 Å². The Hall–Kier alpha value is -2.81. The number of rotatable bonds is 11. The lowest BCUT2D eigenvalue weighted by Gasteiger charge is -2.28. The number of hydrogen-bond acceptors (Lipinski definition) is 5. The van der Waals surface area contributed by atoms with Crippen molar-refractivity contribution in [3.05, 3.63) is 47.9 Å². The van der Waals surface area contributed by atoms with Crippen LogP contribution in [0.4, 0.5) is 8.78 Å². The van der Waals surface area contributed by atoms with Gasteiger partial charge in [-0.2, -0.15) is 8.78 Å². The van der Waals surface area contributed by atoms with Crippen molar-refractivity contribution in [3.63, 3.8) is 0 Å². The van der Waals surface area contributed by atoms with E-state index in [1.54, 1.807) is 25.4 Å². The van der Waals surface area contributed by atoms with Crippen LogP contribution in [-0.2, 0) is 6.54 Å². The number of nitrogens with zero attached hydrogens (tertiary/aromatic N) is 2. The van der Waals surface area contributed by atoms with E-state index >= 15 is 0 Å². The summed E-state index contributed by atoms with van der Waals surface area (Å²) < 4.78 is 40.8. The highest BCUT2D eigenvalue weighted by atomic mass is 19.3. The molecule has 0 spiro atoms. The number of furan rings is 1. The first-order chi connectivity index (χ1) is 14.5. The maximum atomic E-state index is 12.7. The van der Waals surface area contributed by atoms with Gasteiger partial charge in [-0.25, -0.2) is 0 Å². The van der Waals surface area contributed by atoms with Crippen LogP contribution in [-0.4, -0.2) is 51.3 Å². The fourth-order valence-corrected chi connectivity index (χ4v) is 3.18. The molecule has 166 valence electrons. The number of benzene rings is 1. The number of aliphatic imine (C=N–C) groups is 1. The quantitative estimate of drug-likeness (QED) is 0.424. The van der Waals surface area contributed by atoms with Gasteiger partial charge in [-0.05, 0) is 43.4 Å². The van der Waals surface area contributed by atoms with Crippen molar-refractivity contribution < 1.29 is 22.7 Å². The summed E-state index contributed by atoms with van der Waals surface area (Å²) in [5, 5.41) is 6.42. The van der Waals surface area contributed by atoms with Crippen molar-refractivity contribution >= 4 is 5.96 Å². The van der Waals surface area contributed by atoms with Gasteiger partial charge in [-0.15, -0.1) is 0 Å². The number of alkyl halides is 2. The number of hydrogen-bond donors (Lipinski definition) is 2. The molecule has 0 aliphatic rings. The van der Waals surface area contributed by atoms with Gasteiger partial charge in [0.1, 0.15) is 17.3 Å². The van der Waals surface area contributed by atoms with E-state index in [4.69, 9.17) is 9.15 Å². The second kappa shape index (κ2) is 12.0. The van der Waals surface area contributed by atoms with Crippen LogP contribution in [0.25, 0.3) is 0 Å². The molecule has 0 saturated heterocycles. The SMILES string of the molecule is CCN(CC)C(CNC(=NC)NCc1cc(OC)ccc1OC(F)F)c1ccco1. The van der Waals surface area contributed by atoms with E-state index < -0.39 is 6.61 Å². The van der Waals surface area contributed by atoms with Crippen LogP contribution < -0.4 is 20.1 Å². The molecule has 0 bridgehead atoms.